The Balaban J connectivity index is 0.00000338. The molecule has 146 valence electrons. The molecule has 1 saturated carbocycles. The third-order valence-corrected chi connectivity index (χ3v) is 3.58. The third-order valence-electron chi connectivity index (χ3n) is 3.58. The summed E-state index contributed by atoms with van der Waals surface area (Å²) < 4.78 is 5.62. The maximum atomic E-state index is 11.8. The average molecular weight is 475 g/mol. The van der Waals surface area contributed by atoms with Crippen molar-refractivity contribution in [1.82, 2.24) is 20.9 Å². The van der Waals surface area contributed by atoms with Crippen molar-refractivity contribution in [3.8, 4) is 5.88 Å². The van der Waals surface area contributed by atoms with Crippen molar-refractivity contribution in [2.24, 2.45) is 10.9 Å². The van der Waals surface area contributed by atoms with Crippen LogP contribution in [0, 0.1) is 5.92 Å². The fraction of sp³-hybridized carbons (Fsp3) is 0.611. The summed E-state index contributed by atoms with van der Waals surface area (Å²) in [5.74, 6) is 1.87. The summed E-state index contributed by atoms with van der Waals surface area (Å²) in [6.07, 6.45) is 4.32. The van der Waals surface area contributed by atoms with E-state index in [4.69, 9.17) is 4.74 Å². The Bertz CT molecular complexity index is 595. The lowest BCUT2D eigenvalue weighted by atomic mass is 10.1. The number of rotatable bonds is 7. The van der Waals surface area contributed by atoms with Gasteiger partial charge in [-0.15, -0.1) is 24.0 Å². The molecule has 1 fully saturated rings. The second-order valence-corrected chi connectivity index (χ2v) is 7.34. The number of hydrogen-bond donors (Lipinski definition) is 3. The minimum Gasteiger partial charge on any atom is -0.477 e. The SMILES string of the molecule is CN=C(NCC(=O)NC(C)(C)C)NCc1ccc(OCC2CC2)nc1.I. The van der Waals surface area contributed by atoms with E-state index < -0.39 is 0 Å². The molecule has 1 aromatic heterocycles. The molecule has 1 heterocycles. The van der Waals surface area contributed by atoms with Crippen LogP contribution in [0.25, 0.3) is 0 Å². The van der Waals surface area contributed by atoms with Gasteiger partial charge in [0.25, 0.3) is 0 Å². The van der Waals surface area contributed by atoms with Crippen LogP contribution in [0.15, 0.2) is 23.3 Å². The summed E-state index contributed by atoms with van der Waals surface area (Å²) >= 11 is 0. The van der Waals surface area contributed by atoms with E-state index in [9.17, 15) is 4.79 Å². The van der Waals surface area contributed by atoms with Gasteiger partial charge in [-0.25, -0.2) is 4.98 Å². The number of guanidine groups is 1. The number of carbonyl (C=O) groups is 1. The molecule has 1 aliphatic carbocycles. The fourth-order valence-corrected chi connectivity index (χ4v) is 2.12. The molecule has 2 rings (SSSR count). The van der Waals surface area contributed by atoms with Crippen LogP contribution in [0.3, 0.4) is 0 Å². The predicted molar refractivity (Wildman–Crippen MR) is 114 cm³/mol. The maximum absolute atomic E-state index is 11.8. The summed E-state index contributed by atoms with van der Waals surface area (Å²) in [5.41, 5.74) is 0.769. The number of hydrogen-bond acceptors (Lipinski definition) is 4. The van der Waals surface area contributed by atoms with E-state index in [0.29, 0.717) is 24.3 Å². The van der Waals surface area contributed by atoms with E-state index in [1.54, 1.807) is 13.2 Å². The van der Waals surface area contributed by atoms with Gasteiger partial charge in [0, 0.05) is 31.4 Å². The number of nitrogens with zero attached hydrogens (tertiary/aromatic N) is 2. The van der Waals surface area contributed by atoms with Gasteiger partial charge in [-0.1, -0.05) is 6.07 Å². The molecule has 0 aromatic carbocycles. The van der Waals surface area contributed by atoms with Gasteiger partial charge in [0.1, 0.15) is 0 Å². The topological polar surface area (TPSA) is 87.6 Å². The molecule has 3 N–H and O–H groups in total. The molecule has 1 aromatic rings. The van der Waals surface area contributed by atoms with Gasteiger partial charge in [-0.2, -0.15) is 0 Å². The number of ether oxygens (including phenoxy) is 1. The normalized spacial score (nSPS) is 14.2. The van der Waals surface area contributed by atoms with Crippen molar-refractivity contribution < 1.29 is 9.53 Å². The maximum Gasteiger partial charge on any atom is 0.239 e. The van der Waals surface area contributed by atoms with E-state index in [1.165, 1.54) is 12.8 Å². The summed E-state index contributed by atoms with van der Waals surface area (Å²) in [6, 6.07) is 3.86. The fourth-order valence-electron chi connectivity index (χ4n) is 2.12. The molecule has 0 atom stereocenters. The molecule has 0 unspecified atom stereocenters. The van der Waals surface area contributed by atoms with Gasteiger partial charge in [0.05, 0.1) is 13.2 Å². The summed E-state index contributed by atoms with van der Waals surface area (Å²) in [5, 5.41) is 9.05. The lowest BCUT2D eigenvalue weighted by molar-refractivity contribution is -0.121. The summed E-state index contributed by atoms with van der Waals surface area (Å²) in [6.45, 7) is 7.34. The number of aromatic nitrogens is 1. The van der Waals surface area contributed by atoms with E-state index in [0.717, 1.165) is 12.2 Å². The first-order valence-electron chi connectivity index (χ1n) is 8.69. The highest BCUT2D eigenvalue weighted by Crippen LogP contribution is 2.29. The number of aliphatic imine (C=N–C) groups is 1. The number of carbonyl (C=O) groups excluding carboxylic acids is 1. The van der Waals surface area contributed by atoms with Crippen molar-refractivity contribution >= 4 is 35.8 Å². The first kappa shape index (κ1) is 22.5. The Morgan fingerprint density at radius 1 is 1.31 bits per heavy atom. The van der Waals surface area contributed by atoms with Crippen molar-refractivity contribution in [3.63, 3.8) is 0 Å². The van der Waals surface area contributed by atoms with Gasteiger partial charge < -0.3 is 20.7 Å². The molecule has 1 amide bonds. The highest BCUT2D eigenvalue weighted by Gasteiger charge is 2.22. The van der Waals surface area contributed by atoms with Crippen LogP contribution < -0.4 is 20.7 Å². The molecule has 7 nitrogen and oxygen atoms in total. The average Bonchev–Trinajstić information content (AvgIpc) is 3.37. The second-order valence-electron chi connectivity index (χ2n) is 7.34. The van der Waals surface area contributed by atoms with Crippen molar-refractivity contribution in [2.45, 2.75) is 45.7 Å². The quantitative estimate of drug-likeness (QED) is 0.319. The second kappa shape index (κ2) is 10.5. The molecule has 8 heteroatoms. The van der Waals surface area contributed by atoms with Crippen LogP contribution in [0.5, 0.6) is 5.88 Å². The third kappa shape index (κ3) is 9.21. The van der Waals surface area contributed by atoms with E-state index in [-0.39, 0.29) is 42.0 Å². The van der Waals surface area contributed by atoms with Crippen LogP contribution in [0.4, 0.5) is 0 Å². The minimum atomic E-state index is -0.245. The van der Waals surface area contributed by atoms with Gasteiger partial charge in [-0.3, -0.25) is 9.79 Å². The Kier molecular flexibility index (Phi) is 9.11. The predicted octanol–water partition coefficient (Wildman–Crippen LogP) is 2.07. The Hall–Kier alpha value is -1.58. The first-order chi connectivity index (χ1) is 11.9. The standard InChI is InChI=1S/C18H29N5O2.HI/c1-18(2,3)23-15(24)11-22-17(19-4)21-10-14-7-8-16(20-9-14)25-12-13-5-6-13;/h7-9,13H,5-6,10-12H2,1-4H3,(H,23,24)(H2,19,21,22);1H. The van der Waals surface area contributed by atoms with Crippen LogP contribution in [-0.2, 0) is 11.3 Å². The molecular formula is C18H30IN5O2. The molecule has 0 saturated heterocycles. The molecular weight excluding hydrogens is 445 g/mol. The number of halogens is 1. The molecule has 0 spiro atoms. The van der Waals surface area contributed by atoms with Crippen LogP contribution in [0.1, 0.15) is 39.2 Å². The van der Waals surface area contributed by atoms with Gasteiger partial charge in [0.2, 0.25) is 11.8 Å². The van der Waals surface area contributed by atoms with Crippen molar-refractivity contribution in [1.29, 1.82) is 0 Å². The zero-order valence-corrected chi connectivity index (χ0v) is 18.3. The lowest BCUT2D eigenvalue weighted by Crippen LogP contribution is -2.48. The minimum absolute atomic E-state index is 0. The van der Waals surface area contributed by atoms with E-state index in [1.807, 2.05) is 32.9 Å². The first-order valence-corrected chi connectivity index (χ1v) is 8.69. The molecule has 1 aliphatic rings. The van der Waals surface area contributed by atoms with Crippen LogP contribution in [-0.4, -0.2) is 42.6 Å². The molecule has 0 aliphatic heterocycles. The Labute approximate surface area is 172 Å². The zero-order valence-electron chi connectivity index (χ0n) is 16.0. The molecule has 0 bridgehead atoms. The van der Waals surface area contributed by atoms with Crippen LogP contribution >= 0.6 is 24.0 Å². The summed E-state index contributed by atoms with van der Waals surface area (Å²) in [7, 11) is 1.67. The number of pyridine rings is 1. The highest BCUT2D eigenvalue weighted by molar-refractivity contribution is 14.0. The van der Waals surface area contributed by atoms with E-state index >= 15 is 0 Å². The number of amides is 1. The summed E-state index contributed by atoms with van der Waals surface area (Å²) in [4.78, 5) is 20.2. The monoisotopic (exact) mass is 475 g/mol. The van der Waals surface area contributed by atoms with Crippen LogP contribution in [0.2, 0.25) is 0 Å². The lowest BCUT2D eigenvalue weighted by Gasteiger charge is -2.21. The van der Waals surface area contributed by atoms with Gasteiger partial charge in [-0.05, 0) is 45.1 Å². The van der Waals surface area contributed by atoms with Gasteiger partial charge in [0.15, 0.2) is 5.96 Å². The van der Waals surface area contributed by atoms with Crippen molar-refractivity contribution in [3.05, 3.63) is 23.9 Å². The van der Waals surface area contributed by atoms with Gasteiger partial charge >= 0.3 is 0 Å². The molecule has 26 heavy (non-hydrogen) atoms. The smallest absolute Gasteiger partial charge is 0.239 e. The number of nitrogens with one attached hydrogen (secondary N) is 3. The Morgan fingerprint density at radius 3 is 2.58 bits per heavy atom. The Morgan fingerprint density at radius 2 is 2.04 bits per heavy atom. The largest absolute Gasteiger partial charge is 0.477 e. The highest BCUT2D eigenvalue weighted by atomic mass is 127. The van der Waals surface area contributed by atoms with Crippen molar-refractivity contribution in [2.75, 3.05) is 20.2 Å². The van der Waals surface area contributed by atoms with E-state index in [2.05, 4.69) is 25.9 Å². The zero-order chi connectivity index (χ0) is 18.3. The molecule has 0 radical (unpaired) electrons.